The molecule has 88 valence electrons. The molecule has 1 heterocycles. The van der Waals surface area contributed by atoms with Gasteiger partial charge in [0.15, 0.2) is 0 Å². The van der Waals surface area contributed by atoms with Crippen LogP contribution in [0.1, 0.15) is 11.3 Å². The van der Waals surface area contributed by atoms with E-state index in [0.29, 0.717) is 0 Å². The summed E-state index contributed by atoms with van der Waals surface area (Å²) in [6.45, 7) is 4.15. The van der Waals surface area contributed by atoms with Gasteiger partial charge in [0.25, 0.3) is 0 Å². The van der Waals surface area contributed by atoms with E-state index < -0.39 is 0 Å². The van der Waals surface area contributed by atoms with Crippen molar-refractivity contribution >= 4 is 10.8 Å². The summed E-state index contributed by atoms with van der Waals surface area (Å²) in [6.07, 6.45) is 0. The third-order valence-electron chi connectivity index (χ3n) is 3.28. The van der Waals surface area contributed by atoms with Gasteiger partial charge in [-0.3, -0.25) is 4.98 Å². The van der Waals surface area contributed by atoms with E-state index in [1.54, 1.807) is 0 Å². The molecule has 3 rings (SSSR count). The predicted octanol–water partition coefficient (Wildman–Crippen LogP) is 4.52. The number of nitrogens with zero attached hydrogens (tertiary/aromatic N) is 1. The Kier molecular flexibility index (Phi) is 2.60. The van der Waals surface area contributed by atoms with E-state index >= 15 is 0 Å². The fourth-order valence-corrected chi connectivity index (χ4v) is 2.33. The molecular weight excluding hydrogens is 218 g/mol. The molecule has 0 bridgehead atoms. The molecule has 0 radical (unpaired) electrons. The Morgan fingerprint density at radius 1 is 0.778 bits per heavy atom. The molecule has 0 spiro atoms. The van der Waals surface area contributed by atoms with Gasteiger partial charge < -0.3 is 0 Å². The van der Waals surface area contributed by atoms with Crippen molar-refractivity contribution in [3.8, 4) is 11.3 Å². The lowest BCUT2D eigenvalue weighted by atomic mass is 9.99. The van der Waals surface area contributed by atoms with Crippen molar-refractivity contribution < 1.29 is 0 Å². The summed E-state index contributed by atoms with van der Waals surface area (Å²) in [5.41, 5.74) is 4.58. The lowest BCUT2D eigenvalue weighted by Crippen LogP contribution is -1.91. The minimum Gasteiger partial charge on any atom is -0.253 e. The van der Waals surface area contributed by atoms with Crippen LogP contribution in [0.5, 0.6) is 0 Å². The van der Waals surface area contributed by atoms with Crippen molar-refractivity contribution in [2.24, 2.45) is 0 Å². The van der Waals surface area contributed by atoms with Crippen molar-refractivity contribution in [2.75, 3.05) is 0 Å². The quantitative estimate of drug-likeness (QED) is 0.602. The number of hydrogen-bond donors (Lipinski definition) is 0. The number of benzene rings is 2. The molecule has 1 heteroatoms. The van der Waals surface area contributed by atoms with Gasteiger partial charge in [-0.25, -0.2) is 0 Å². The predicted molar refractivity (Wildman–Crippen MR) is 76.7 cm³/mol. The van der Waals surface area contributed by atoms with Crippen molar-refractivity contribution in [3.05, 3.63) is 65.9 Å². The van der Waals surface area contributed by atoms with Crippen molar-refractivity contribution in [2.45, 2.75) is 13.8 Å². The molecule has 0 saturated carbocycles. The van der Waals surface area contributed by atoms with Crippen LogP contribution >= 0.6 is 0 Å². The van der Waals surface area contributed by atoms with Crippen LogP contribution in [0.25, 0.3) is 22.0 Å². The molecule has 0 N–H and O–H groups in total. The first-order valence-electron chi connectivity index (χ1n) is 6.18. The molecule has 0 saturated heterocycles. The number of fused-ring (bicyclic) bond motifs is 1. The maximum absolute atomic E-state index is 4.69. The molecule has 2 aromatic carbocycles. The van der Waals surface area contributed by atoms with Crippen LogP contribution in [0.15, 0.2) is 54.6 Å². The van der Waals surface area contributed by atoms with Gasteiger partial charge in [-0.1, -0.05) is 48.5 Å². The van der Waals surface area contributed by atoms with Gasteiger partial charge in [0, 0.05) is 11.3 Å². The van der Waals surface area contributed by atoms with E-state index in [0.717, 1.165) is 11.4 Å². The Bertz CT molecular complexity index is 708. The summed E-state index contributed by atoms with van der Waals surface area (Å²) in [5, 5.41) is 2.53. The van der Waals surface area contributed by atoms with Gasteiger partial charge in [0.2, 0.25) is 0 Å². The maximum Gasteiger partial charge on any atom is 0.0740 e. The highest BCUT2D eigenvalue weighted by atomic mass is 14.7. The second kappa shape index (κ2) is 4.26. The van der Waals surface area contributed by atoms with Gasteiger partial charge in [-0.2, -0.15) is 0 Å². The Hall–Kier alpha value is -2.15. The van der Waals surface area contributed by atoms with Gasteiger partial charge in [0.05, 0.1) is 5.69 Å². The van der Waals surface area contributed by atoms with Crippen molar-refractivity contribution in [1.29, 1.82) is 0 Å². The summed E-state index contributed by atoms with van der Waals surface area (Å²) in [5.74, 6) is 0. The highest BCUT2D eigenvalue weighted by Gasteiger charge is 2.07. The van der Waals surface area contributed by atoms with Gasteiger partial charge in [0.1, 0.15) is 0 Å². The monoisotopic (exact) mass is 233 g/mol. The third-order valence-corrected chi connectivity index (χ3v) is 3.28. The second-order valence-corrected chi connectivity index (χ2v) is 4.64. The fraction of sp³-hybridized carbons (Fsp3) is 0.118. The fourth-order valence-electron chi connectivity index (χ4n) is 2.33. The highest BCUT2D eigenvalue weighted by molar-refractivity contribution is 5.96. The molecule has 0 atom stereocenters. The molecule has 0 fully saturated rings. The standard InChI is InChI=1S/C17H15N/c1-12-10-11-13(2)18-17(12)16-9-5-7-14-6-3-4-8-15(14)16/h3-11H,1-2H3. The van der Waals surface area contributed by atoms with E-state index in [1.807, 2.05) is 6.92 Å². The Labute approximate surface area is 107 Å². The summed E-state index contributed by atoms with van der Waals surface area (Å²) >= 11 is 0. The molecule has 0 aliphatic rings. The highest BCUT2D eigenvalue weighted by Crippen LogP contribution is 2.29. The number of hydrogen-bond acceptors (Lipinski definition) is 1. The van der Waals surface area contributed by atoms with Crippen molar-refractivity contribution in [1.82, 2.24) is 4.98 Å². The normalized spacial score (nSPS) is 10.8. The molecule has 0 aliphatic heterocycles. The minimum absolute atomic E-state index is 1.06. The second-order valence-electron chi connectivity index (χ2n) is 4.64. The molecule has 1 nitrogen and oxygen atoms in total. The van der Waals surface area contributed by atoms with E-state index in [-0.39, 0.29) is 0 Å². The zero-order chi connectivity index (χ0) is 12.5. The average Bonchev–Trinajstić information content (AvgIpc) is 2.41. The number of pyridine rings is 1. The van der Waals surface area contributed by atoms with Crippen LogP contribution in [-0.4, -0.2) is 4.98 Å². The topological polar surface area (TPSA) is 12.9 Å². The van der Waals surface area contributed by atoms with E-state index in [4.69, 9.17) is 4.98 Å². The van der Waals surface area contributed by atoms with Crippen LogP contribution in [-0.2, 0) is 0 Å². The first-order chi connectivity index (χ1) is 8.75. The van der Waals surface area contributed by atoms with Crippen LogP contribution in [0, 0.1) is 13.8 Å². The largest absolute Gasteiger partial charge is 0.253 e. The van der Waals surface area contributed by atoms with Crippen LogP contribution in [0.3, 0.4) is 0 Å². The first kappa shape index (κ1) is 11.0. The Morgan fingerprint density at radius 2 is 1.56 bits per heavy atom. The van der Waals surface area contributed by atoms with Crippen LogP contribution in [0.2, 0.25) is 0 Å². The number of aromatic nitrogens is 1. The molecule has 0 unspecified atom stereocenters. The Balaban J connectivity index is 2.35. The molecular formula is C17H15N. The summed E-state index contributed by atoms with van der Waals surface area (Å²) in [6, 6.07) is 19.0. The third kappa shape index (κ3) is 1.78. The zero-order valence-electron chi connectivity index (χ0n) is 10.6. The maximum atomic E-state index is 4.69. The molecule has 1 aromatic heterocycles. The average molecular weight is 233 g/mol. The minimum atomic E-state index is 1.06. The van der Waals surface area contributed by atoms with Crippen LogP contribution < -0.4 is 0 Å². The van der Waals surface area contributed by atoms with Crippen LogP contribution in [0.4, 0.5) is 0 Å². The summed E-state index contributed by atoms with van der Waals surface area (Å²) < 4.78 is 0. The smallest absolute Gasteiger partial charge is 0.0740 e. The Morgan fingerprint density at radius 3 is 2.44 bits per heavy atom. The van der Waals surface area contributed by atoms with Gasteiger partial charge >= 0.3 is 0 Å². The zero-order valence-corrected chi connectivity index (χ0v) is 10.6. The first-order valence-corrected chi connectivity index (χ1v) is 6.18. The summed E-state index contributed by atoms with van der Waals surface area (Å²) in [7, 11) is 0. The molecule has 0 aliphatic carbocycles. The lowest BCUT2D eigenvalue weighted by molar-refractivity contribution is 1.18. The van der Waals surface area contributed by atoms with E-state index in [9.17, 15) is 0 Å². The number of aryl methyl sites for hydroxylation is 2. The molecule has 0 amide bonds. The van der Waals surface area contributed by atoms with Gasteiger partial charge in [-0.05, 0) is 36.2 Å². The lowest BCUT2D eigenvalue weighted by Gasteiger charge is -2.09. The molecule has 3 aromatic rings. The van der Waals surface area contributed by atoms with E-state index in [1.165, 1.54) is 21.9 Å². The SMILES string of the molecule is Cc1ccc(C)c(-c2cccc3ccccc23)n1. The van der Waals surface area contributed by atoms with Gasteiger partial charge in [-0.15, -0.1) is 0 Å². The van der Waals surface area contributed by atoms with E-state index in [2.05, 4.69) is 61.5 Å². The summed E-state index contributed by atoms with van der Waals surface area (Å²) in [4.78, 5) is 4.69. The molecule has 18 heavy (non-hydrogen) atoms. The number of rotatable bonds is 1. The van der Waals surface area contributed by atoms with Crippen molar-refractivity contribution in [3.63, 3.8) is 0 Å².